The van der Waals surface area contributed by atoms with E-state index in [-0.39, 0.29) is 0 Å². The third kappa shape index (κ3) is 5.10. The molecule has 3 aromatic rings. The van der Waals surface area contributed by atoms with E-state index in [2.05, 4.69) is 43.7 Å². The molecule has 6 nitrogen and oxygen atoms in total. The number of rotatable bonds is 8. The third-order valence-corrected chi connectivity index (χ3v) is 4.19. The molecule has 0 atom stereocenters. The molecule has 0 aliphatic heterocycles. The number of anilines is 4. The Morgan fingerprint density at radius 1 is 1.00 bits per heavy atom. The highest BCUT2D eigenvalue weighted by Crippen LogP contribution is 2.20. The number of benzene rings is 2. The minimum atomic E-state index is 0.565. The monoisotopic (exact) mass is 363 g/mol. The summed E-state index contributed by atoms with van der Waals surface area (Å²) < 4.78 is 5.39. The van der Waals surface area contributed by atoms with Gasteiger partial charge < -0.3 is 20.3 Å². The van der Waals surface area contributed by atoms with Gasteiger partial charge in [0.1, 0.15) is 11.6 Å². The molecular weight excluding hydrogens is 338 g/mol. The van der Waals surface area contributed by atoms with E-state index >= 15 is 0 Å². The zero-order valence-corrected chi connectivity index (χ0v) is 15.9. The Morgan fingerprint density at radius 3 is 2.52 bits per heavy atom. The first kappa shape index (κ1) is 18.5. The summed E-state index contributed by atoms with van der Waals surface area (Å²) in [5.74, 6) is 2.26. The molecular formula is C21H25N5O. The average molecular weight is 363 g/mol. The first-order valence-corrected chi connectivity index (χ1v) is 8.89. The van der Waals surface area contributed by atoms with Crippen molar-refractivity contribution in [2.75, 3.05) is 43.3 Å². The van der Waals surface area contributed by atoms with Crippen LogP contribution in [0.5, 0.6) is 5.75 Å². The van der Waals surface area contributed by atoms with Gasteiger partial charge in [0.15, 0.2) is 0 Å². The lowest BCUT2D eigenvalue weighted by Gasteiger charge is -2.13. The van der Waals surface area contributed by atoms with Gasteiger partial charge in [-0.1, -0.05) is 18.2 Å². The molecule has 0 saturated heterocycles. The summed E-state index contributed by atoms with van der Waals surface area (Å²) in [5, 5.41) is 6.58. The molecule has 0 spiro atoms. The van der Waals surface area contributed by atoms with Gasteiger partial charge in [0.25, 0.3) is 0 Å². The lowest BCUT2D eigenvalue weighted by atomic mass is 10.1. The summed E-state index contributed by atoms with van der Waals surface area (Å²) in [7, 11) is 5.73. The lowest BCUT2D eigenvalue weighted by molar-refractivity contribution is 0.410. The minimum absolute atomic E-state index is 0.565. The molecule has 0 radical (unpaired) electrons. The number of nitrogens with one attached hydrogen (secondary N) is 2. The summed E-state index contributed by atoms with van der Waals surface area (Å²) in [6.45, 7) is 0.758. The molecule has 1 heterocycles. The van der Waals surface area contributed by atoms with Crippen molar-refractivity contribution < 1.29 is 4.74 Å². The van der Waals surface area contributed by atoms with Gasteiger partial charge in [-0.2, -0.15) is 4.98 Å². The van der Waals surface area contributed by atoms with Crippen molar-refractivity contribution >= 4 is 23.1 Å². The van der Waals surface area contributed by atoms with Gasteiger partial charge in [0, 0.05) is 38.2 Å². The van der Waals surface area contributed by atoms with E-state index < -0.39 is 0 Å². The van der Waals surface area contributed by atoms with Gasteiger partial charge in [-0.25, -0.2) is 4.98 Å². The molecule has 2 aromatic carbocycles. The van der Waals surface area contributed by atoms with E-state index in [1.54, 1.807) is 13.3 Å². The van der Waals surface area contributed by atoms with Gasteiger partial charge in [0.05, 0.1) is 7.11 Å². The number of hydrogen-bond donors (Lipinski definition) is 2. The predicted molar refractivity (Wildman–Crippen MR) is 111 cm³/mol. The molecule has 6 heteroatoms. The fourth-order valence-corrected chi connectivity index (χ4v) is 2.72. The maximum atomic E-state index is 5.39. The molecule has 0 saturated carbocycles. The fourth-order valence-electron chi connectivity index (χ4n) is 2.72. The summed E-state index contributed by atoms with van der Waals surface area (Å²) in [6, 6.07) is 18.0. The van der Waals surface area contributed by atoms with Crippen LogP contribution in [-0.2, 0) is 6.42 Å². The molecule has 1 aromatic heterocycles. The zero-order valence-electron chi connectivity index (χ0n) is 15.9. The van der Waals surface area contributed by atoms with Crippen LogP contribution in [0, 0.1) is 0 Å². The molecule has 0 amide bonds. The first-order chi connectivity index (χ1) is 13.2. The molecule has 0 unspecified atom stereocenters. The highest BCUT2D eigenvalue weighted by Gasteiger charge is 2.03. The Bertz CT molecular complexity index is 864. The topological polar surface area (TPSA) is 62.3 Å². The second-order valence-electron chi connectivity index (χ2n) is 6.32. The van der Waals surface area contributed by atoms with Crippen LogP contribution < -0.4 is 20.3 Å². The summed E-state index contributed by atoms with van der Waals surface area (Å²) >= 11 is 0. The molecule has 2 N–H and O–H groups in total. The molecule has 0 fully saturated rings. The number of nitrogens with zero attached hydrogens (tertiary/aromatic N) is 3. The fraction of sp³-hybridized carbons (Fsp3) is 0.238. The van der Waals surface area contributed by atoms with E-state index in [4.69, 9.17) is 4.74 Å². The number of ether oxygens (including phenoxy) is 1. The maximum absolute atomic E-state index is 5.39. The maximum Gasteiger partial charge on any atom is 0.229 e. The van der Waals surface area contributed by atoms with E-state index in [9.17, 15) is 0 Å². The second-order valence-corrected chi connectivity index (χ2v) is 6.32. The van der Waals surface area contributed by atoms with Crippen LogP contribution >= 0.6 is 0 Å². The quantitative estimate of drug-likeness (QED) is 0.632. The largest absolute Gasteiger partial charge is 0.496 e. The van der Waals surface area contributed by atoms with Crippen molar-refractivity contribution in [2.45, 2.75) is 6.42 Å². The summed E-state index contributed by atoms with van der Waals surface area (Å²) in [5.41, 5.74) is 3.26. The summed E-state index contributed by atoms with van der Waals surface area (Å²) in [6.07, 6.45) is 2.59. The number of hydrogen-bond acceptors (Lipinski definition) is 6. The number of methoxy groups -OCH3 is 1. The van der Waals surface area contributed by atoms with Crippen LogP contribution in [-0.4, -0.2) is 37.7 Å². The van der Waals surface area contributed by atoms with Crippen LogP contribution in [0.15, 0.2) is 60.8 Å². The van der Waals surface area contributed by atoms with Crippen molar-refractivity contribution in [1.29, 1.82) is 0 Å². The van der Waals surface area contributed by atoms with Crippen LogP contribution in [0.4, 0.5) is 23.1 Å². The van der Waals surface area contributed by atoms with Gasteiger partial charge in [-0.05, 0) is 48.4 Å². The smallest absolute Gasteiger partial charge is 0.229 e. The van der Waals surface area contributed by atoms with Crippen molar-refractivity contribution in [3.8, 4) is 5.75 Å². The Morgan fingerprint density at radius 2 is 1.78 bits per heavy atom. The normalized spacial score (nSPS) is 10.3. The Hall–Kier alpha value is -3.28. The Labute approximate surface area is 160 Å². The van der Waals surface area contributed by atoms with E-state index in [1.807, 2.05) is 50.5 Å². The molecule has 27 heavy (non-hydrogen) atoms. The SMILES string of the molecule is COc1ccccc1CCNc1ccnc(Nc2ccc(N(C)C)cc2)n1. The molecule has 0 aliphatic carbocycles. The van der Waals surface area contributed by atoms with Crippen molar-refractivity contribution in [1.82, 2.24) is 9.97 Å². The van der Waals surface area contributed by atoms with Gasteiger partial charge in [-0.15, -0.1) is 0 Å². The highest BCUT2D eigenvalue weighted by atomic mass is 16.5. The first-order valence-electron chi connectivity index (χ1n) is 8.89. The summed E-state index contributed by atoms with van der Waals surface area (Å²) in [4.78, 5) is 10.9. The van der Waals surface area contributed by atoms with Gasteiger partial charge in [0.2, 0.25) is 5.95 Å². The second kappa shape index (κ2) is 8.89. The predicted octanol–water partition coefficient (Wildman–Crippen LogP) is 3.95. The van der Waals surface area contributed by atoms with Crippen LogP contribution in [0.3, 0.4) is 0 Å². The molecule has 0 bridgehead atoms. The van der Waals surface area contributed by atoms with E-state index in [0.717, 1.165) is 35.9 Å². The van der Waals surface area contributed by atoms with Crippen molar-refractivity contribution in [3.05, 3.63) is 66.4 Å². The molecule has 140 valence electrons. The van der Waals surface area contributed by atoms with E-state index in [0.29, 0.717) is 5.95 Å². The molecule has 3 rings (SSSR count). The van der Waals surface area contributed by atoms with Crippen molar-refractivity contribution in [2.24, 2.45) is 0 Å². The minimum Gasteiger partial charge on any atom is -0.496 e. The Kier molecular flexibility index (Phi) is 6.10. The van der Waals surface area contributed by atoms with Crippen LogP contribution in [0.1, 0.15) is 5.56 Å². The standard InChI is InChI=1S/C21H25N5O/c1-26(2)18-10-8-17(9-11-18)24-21-23-15-13-20(25-21)22-14-12-16-6-4-5-7-19(16)27-3/h4-11,13,15H,12,14H2,1-3H3,(H2,22,23,24,25). The van der Waals surface area contributed by atoms with Gasteiger partial charge in [-0.3, -0.25) is 0 Å². The third-order valence-electron chi connectivity index (χ3n) is 4.19. The van der Waals surface area contributed by atoms with Crippen molar-refractivity contribution in [3.63, 3.8) is 0 Å². The number of para-hydroxylation sites is 1. The zero-order chi connectivity index (χ0) is 19.1. The number of aromatic nitrogens is 2. The Balaban J connectivity index is 1.58. The van der Waals surface area contributed by atoms with Gasteiger partial charge >= 0.3 is 0 Å². The average Bonchev–Trinajstić information content (AvgIpc) is 2.69. The molecule has 0 aliphatic rings. The van der Waals surface area contributed by atoms with Crippen LogP contribution in [0.25, 0.3) is 0 Å². The highest BCUT2D eigenvalue weighted by molar-refractivity contribution is 5.59. The van der Waals surface area contributed by atoms with Crippen LogP contribution in [0.2, 0.25) is 0 Å². The lowest BCUT2D eigenvalue weighted by Crippen LogP contribution is -2.09. The van der Waals surface area contributed by atoms with E-state index in [1.165, 1.54) is 5.56 Å².